The standard InChI is InChI=1S/2C19H27N3O3S.K/c2*1-13(2)22-18(25)15(16(23)14-7-12-26-19(14)22)17(24)20-8-6-11-21-9-4-3-5-10-21;/h2*7,12-13,23H,3-6,8-11H2,1-2H3,(H,20,24);/q;;+1/p-1/i2*1D3,3D2,4D2,5D2,7D,9D2,10D2,11D,12D,13D;/hD. The Bertz CT molecular complexity index is 3460. The molecule has 4 aromatic heterocycles. The Morgan fingerprint density at radius 2 is 1.38 bits per heavy atom. The second-order valence-electron chi connectivity index (χ2n) is 10.2. The second-order valence-corrected chi connectivity index (χ2v) is 11.8. The van der Waals surface area contributed by atoms with Crippen molar-refractivity contribution in [2.45, 2.75) is 90.7 Å². The van der Waals surface area contributed by atoms with Crippen LogP contribution >= 0.6 is 22.7 Å². The summed E-state index contributed by atoms with van der Waals surface area (Å²) in [5.41, 5.74) is -5.60. The maximum absolute atomic E-state index is 13.4. The van der Waals surface area contributed by atoms with Crippen molar-refractivity contribution < 1.29 is 119 Å². The Hall–Kier alpha value is -2.08. The van der Waals surface area contributed by atoms with E-state index >= 15 is 0 Å². The van der Waals surface area contributed by atoms with Crippen LogP contribution in [0.25, 0.3) is 20.4 Å². The van der Waals surface area contributed by atoms with E-state index in [9.17, 15) is 29.4 Å². The second kappa shape index (κ2) is 20.7. The van der Waals surface area contributed by atoms with Crippen LogP contribution in [0.3, 0.4) is 0 Å². The van der Waals surface area contributed by atoms with Crippen LogP contribution in [0, 0.1) is 0 Å². The number of nitrogens with one attached hydrogen (secondary N) is 2. The van der Waals surface area contributed by atoms with Crippen molar-refractivity contribution in [2.24, 2.45) is 0 Å². The molecule has 284 valence electrons. The van der Waals surface area contributed by atoms with Crippen molar-refractivity contribution in [3.8, 4) is 11.5 Å². The average Bonchev–Trinajstić information content (AvgIpc) is 0.879. The van der Waals surface area contributed by atoms with Gasteiger partial charge in [0.25, 0.3) is 22.9 Å². The number of carbonyl (C=O) groups is 2. The van der Waals surface area contributed by atoms with Gasteiger partial charge in [0.05, 0.1) is 19.2 Å². The van der Waals surface area contributed by atoms with Gasteiger partial charge in [0, 0.05) is 68.9 Å². The van der Waals surface area contributed by atoms with Crippen molar-refractivity contribution >= 4 is 54.9 Å². The Labute approximate surface area is 411 Å². The Morgan fingerprint density at radius 1 is 0.887 bits per heavy atom. The molecule has 2 fully saturated rings. The molecular formula is C38H53KN6O6S2. The van der Waals surface area contributed by atoms with Crippen LogP contribution in [0.5, 0.6) is 11.5 Å². The number of hydrogen-bond donors (Lipinski definition) is 3. The zero-order valence-corrected chi connectivity index (χ0v) is 32.8. The van der Waals surface area contributed by atoms with Gasteiger partial charge in [0.2, 0.25) is 0 Å². The zero-order chi connectivity index (χ0) is 68.2. The third-order valence-electron chi connectivity index (χ3n) is 6.75. The van der Waals surface area contributed by atoms with Gasteiger partial charge in [0.1, 0.15) is 21.0 Å². The van der Waals surface area contributed by atoms with E-state index in [0.29, 0.717) is 27.2 Å². The first kappa shape index (κ1) is 16.0. The van der Waals surface area contributed by atoms with Crippen LogP contribution in [0.1, 0.15) is 158 Å². The van der Waals surface area contributed by atoms with Gasteiger partial charge in [-0.15, -0.1) is 22.7 Å². The molecule has 2 aliphatic rings. The van der Waals surface area contributed by atoms with Gasteiger partial charge in [0.15, 0.2) is 1.41 Å². The molecular weight excluding hydrogens is 740 g/mol. The van der Waals surface area contributed by atoms with Crippen LogP contribution in [0.15, 0.2) is 32.4 Å². The third-order valence-corrected chi connectivity index (χ3v) is 8.32. The van der Waals surface area contributed by atoms with Crippen LogP contribution in [0.4, 0.5) is 0 Å². The summed E-state index contributed by atoms with van der Waals surface area (Å²) in [6, 6.07) is -7.01. The molecule has 6 rings (SSSR count). The summed E-state index contributed by atoms with van der Waals surface area (Å²) < 4.78 is 280. The SMILES string of the molecule is [2H]c1sc2c(c1[2H])c(O)c(C(=O)NCCC([2H])N1C([2H])([2H])C([2H])([2H])C([2H])([2H])C([2H])([2H])C1([2H])[2H])c(=O)n2C([2H])(C)C([2H])([2H])[2H].[2H]c1sc2c(c1[2H])c([O-])c(C(=O)N([2H])CCC([2H])N1C([2H])([2H])C([2H])([2H])C([2H])([2H])C([2H])([2H])C1([2H])[2H])c(=O)n2C([2H])(C)C([2H])([2H])[2H].[K+]. The van der Waals surface area contributed by atoms with E-state index in [1.165, 1.54) is 0 Å². The molecule has 15 heteroatoms. The van der Waals surface area contributed by atoms with Crippen molar-refractivity contribution in [1.82, 2.24) is 29.6 Å². The van der Waals surface area contributed by atoms with E-state index in [4.69, 9.17) is 48.0 Å². The molecule has 4 atom stereocenters. The average molecular weight is 828 g/mol. The molecule has 53 heavy (non-hydrogen) atoms. The summed E-state index contributed by atoms with van der Waals surface area (Å²) >= 11 is 0.770. The third kappa shape index (κ3) is 10.6. The molecule has 2 amide bonds. The van der Waals surface area contributed by atoms with Gasteiger partial charge >= 0.3 is 51.4 Å². The number of carbonyl (C=O) groups excluding carboxylic acids is 2. The fourth-order valence-electron chi connectivity index (χ4n) is 4.50. The number of piperidine rings is 2. The molecule has 0 spiro atoms. The van der Waals surface area contributed by atoms with Crippen molar-refractivity contribution in [1.29, 1.82) is 0 Å². The molecule has 0 aliphatic carbocycles. The van der Waals surface area contributed by atoms with E-state index in [2.05, 4.69) is 5.32 Å². The summed E-state index contributed by atoms with van der Waals surface area (Å²) in [6.07, 6.45) is -23.9. The molecule has 4 aromatic rings. The van der Waals surface area contributed by atoms with Crippen molar-refractivity contribution in [3.63, 3.8) is 0 Å². The van der Waals surface area contributed by atoms with Crippen LogP contribution < -0.4 is 78.2 Å². The fourth-order valence-corrected chi connectivity index (χ4v) is 6.12. The molecule has 2 aliphatic heterocycles. The Morgan fingerprint density at radius 3 is 1.92 bits per heavy atom. The monoisotopic (exact) mass is 828 g/mol. The van der Waals surface area contributed by atoms with Gasteiger partial charge in [-0.3, -0.25) is 28.3 Å². The van der Waals surface area contributed by atoms with E-state index in [0.717, 1.165) is 13.8 Å². The van der Waals surface area contributed by atoms with Gasteiger partial charge in [-0.1, -0.05) is 18.5 Å². The number of pyridine rings is 2. The van der Waals surface area contributed by atoms with E-state index < -0.39 is 218 Å². The number of likely N-dealkylation sites (tertiary alicyclic amines) is 2. The van der Waals surface area contributed by atoms with Gasteiger partial charge < -0.3 is 30.6 Å². The molecule has 0 aromatic carbocycles. The molecule has 2 saturated heterocycles. The van der Waals surface area contributed by atoms with Crippen molar-refractivity contribution in [3.05, 3.63) is 54.6 Å². The largest absolute Gasteiger partial charge is 1.00 e. The van der Waals surface area contributed by atoms with Crippen LogP contribution in [0.2, 0.25) is 1.41 Å². The minimum Gasteiger partial charge on any atom is -0.871 e. The fraction of sp³-hybridized carbons (Fsp3) is 0.579. The van der Waals surface area contributed by atoms with Crippen molar-refractivity contribution in [2.75, 3.05) is 52.1 Å². The Balaban J connectivity index is 0.000000372. The molecule has 12 nitrogen and oxygen atoms in total. The number of aromatic nitrogens is 2. The smallest absolute Gasteiger partial charge is 0.871 e. The summed E-state index contributed by atoms with van der Waals surface area (Å²) in [7, 11) is 0. The number of rotatable bonds is 12. The number of fused-ring (bicyclic) bond motifs is 2. The summed E-state index contributed by atoms with van der Waals surface area (Å²) in [6.45, 7) is -25.4. The first-order valence-corrected chi connectivity index (χ1v) is 16.4. The topological polar surface area (TPSA) is 152 Å². The summed E-state index contributed by atoms with van der Waals surface area (Å²) in [5.74, 6) is -5.66. The molecule has 3 N–H and O–H groups in total. The summed E-state index contributed by atoms with van der Waals surface area (Å²) in [4.78, 5) is 51.8. The first-order chi connectivity index (χ1) is 38.5. The van der Waals surface area contributed by atoms with Crippen LogP contribution in [-0.2, 0) is 0 Å². The van der Waals surface area contributed by atoms with E-state index in [1.807, 2.05) is 0 Å². The number of amides is 2. The van der Waals surface area contributed by atoms with E-state index in [1.54, 1.807) is 0 Å². The number of thiophene rings is 2. The molecule has 0 saturated carbocycles. The zero-order valence-electron chi connectivity index (χ0n) is 63.0. The van der Waals surface area contributed by atoms with Gasteiger partial charge in [-0.25, -0.2) is 0 Å². The molecule has 6 heterocycles. The first-order valence-electron chi connectivity index (χ1n) is 32.4. The predicted molar refractivity (Wildman–Crippen MR) is 209 cm³/mol. The summed E-state index contributed by atoms with van der Waals surface area (Å²) in [5, 5.41) is 23.6. The number of aromatic hydroxyl groups is 1. The van der Waals surface area contributed by atoms with Gasteiger partial charge in [-0.05, 0) is 128 Å². The van der Waals surface area contributed by atoms with E-state index in [-0.39, 0.29) is 71.1 Å². The quantitative estimate of drug-likeness (QED) is 0.184. The normalized spacial score (nSPS) is 38.4. The maximum atomic E-state index is 13.4. The van der Waals surface area contributed by atoms with Crippen LogP contribution in [-0.4, -0.2) is 88.0 Å². The minimum absolute atomic E-state index is 0. The minimum atomic E-state index is -3.73. The number of hydrogen-bond acceptors (Lipinski definition) is 10. The molecule has 0 bridgehead atoms. The van der Waals surface area contributed by atoms with Gasteiger partial charge in [-0.2, -0.15) is 0 Å². The maximum Gasteiger partial charge on any atom is 1.00 e. The number of nitrogens with zero attached hydrogens (tertiary/aromatic N) is 4. The predicted octanol–water partition coefficient (Wildman–Crippen LogP) is 2.28. The molecule has 0 radical (unpaired) electrons. The molecule has 4 unspecified atom stereocenters. The Kier molecular flexibility index (Phi) is 6.27.